The number of hydrogen-bond acceptors (Lipinski definition) is 1. The fourth-order valence-corrected chi connectivity index (χ4v) is 2.06. The van der Waals surface area contributed by atoms with E-state index in [0.717, 1.165) is 4.50 Å². The van der Waals surface area contributed by atoms with Gasteiger partial charge in [-0.15, -0.1) is 0 Å². The maximum atomic E-state index is 7.50. The van der Waals surface area contributed by atoms with Crippen molar-refractivity contribution in [3.63, 3.8) is 0 Å². The van der Waals surface area contributed by atoms with Crippen molar-refractivity contribution >= 4 is 4.50 Å². The van der Waals surface area contributed by atoms with Crippen molar-refractivity contribution in [1.82, 2.24) is 4.90 Å². The second-order valence-electron chi connectivity index (χ2n) is 4.11. The second kappa shape index (κ2) is 25.7. The van der Waals surface area contributed by atoms with Crippen molar-refractivity contribution in [2.75, 3.05) is 14.1 Å². The van der Waals surface area contributed by atoms with Crippen molar-refractivity contribution in [3.8, 4) is 11.1 Å². The predicted octanol–water partition coefficient (Wildman–Crippen LogP) is 2.75. The Morgan fingerprint density at radius 2 is 1.04 bits per heavy atom. The van der Waals surface area contributed by atoms with Crippen LogP contribution in [0.15, 0.2) is 54.6 Å². The summed E-state index contributed by atoms with van der Waals surface area (Å²) in [6.07, 6.45) is 0. The van der Waals surface area contributed by atoms with Gasteiger partial charge < -0.3 is 0 Å². The Kier molecular flexibility index (Phi) is 30.7. The molecule has 27 heavy (non-hydrogen) atoms. The van der Waals surface area contributed by atoms with E-state index < -0.39 is 0 Å². The minimum absolute atomic E-state index is 1.16. The Morgan fingerprint density at radius 3 is 1.44 bits per heavy atom. The van der Waals surface area contributed by atoms with Crippen LogP contribution in [0.2, 0.25) is 0 Å². The molecule has 0 aliphatic heterocycles. The fourth-order valence-electron chi connectivity index (χ4n) is 1.78. The van der Waals surface area contributed by atoms with Gasteiger partial charge >= 0.3 is 167 Å². The van der Waals surface area contributed by atoms with Gasteiger partial charge in [-0.05, 0) is 0 Å². The van der Waals surface area contributed by atoms with Crippen LogP contribution in [-0.2, 0) is 39.1 Å². The van der Waals surface area contributed by atoms with Gasteiger partial charge in [-0.25, -0.2) is 0 Å². The molecule has 136 valence electrons. The van der Waals surface area contributed by atoms with Crippen LogP contribution in [-0.4, -0.2) is 23.5 Å². The molecule has 0 spiro atoms. The van der Waals surface area contributed by atoms with Crippen LogP contribution in [0.5, 0.6) is 0 Å². The summed E-state index contributed by atoms with van der Waals surface area (Å²) in [5, 5.41) is 0. The molecule has 0 saturated carbocycles. The summed E-state index contributed by atoms with van der Waals surface area (Å²) < 4.78 is 38.7. The second-order valence-corrected chi connectivity index (χ2v) is 4.72. The molecule has 0 radical (unpaired) electrons. The molecule has 0 amide bonds. The van der Waals surface area contributed by atoms with Crippen molar-refractivity contribution in [2.45, 2.75) is 0 Å². The normalized spacial score (nSPS) is 7.00. The van der Waals surface area contributed by atoms with E-state index in [0.29, 0.717) is 0 Å². The van der Waals surface area contributed by atoms with Gasteiger partial charge in [0.05, 0.1) is 0 Å². The number of hydrogen-bond donors (Lipinski definition) is 0. The van der Waals surface area contributed by atoms with Gasteiger partial charge in [0, 0.05) is 0 Å². The maximum absolute atomic E-state index is 7.50. The molecule has 2 rings (SSSR count). The van der Waals surface area contributed by atoms with Gasteiger partial charge in [-0.2, -0.15) is 0 Å². The fraction of sp³-hybridized carbons (Fsp3) is 0.100. The monoisotopic (exact) mass is 401 g/mol. The zero-order valence-corrected chi connectivity index (χ0v) is 15.9. The molecule has 0 saturated heterocycles. The summed E-state index contributed by atoms with van der Waals surface area (Å²) >= 11 is 3.15. The van der Waals surface area contributed by atoms with Crippen LogP contribution in [0, 0.1) is 33.3 Å². The molecule has 0 fully saturated rings. The zero-order valence-electron chi connectivity index (χ0n) is 14.6. The molecule has 0 N–H and O–H groups in total. The topological polar surface area (TPSA) is 103 Å². The molecular weight excluding hydrogens is 386 g/mol. The molecule has 0 bridgehead atoms. The van der Waals surface area contributed by atoms with Crippen molar-refractivity contribution in [2.24, 2.45) is 0 Å². The number of benzene rings is 2. The minimum atomic E-state index is 1.16. The summed E-state index contributed by atoms with van der Waals surface area (Å²) in [5.41, 5.74) is 3.75. The van der Waals surface area contributed by atoms with Crippen molar-refractivity contribution in [3.05, 3.63) is 93.4 Å². The van der Waals surface area contributed by atoms with E-state index in [9.17, 15) is 0 Å². The van der Waals surface area contributed by atoms with Gasteiger partial charge in [0.2, 0.25) is 0 Å². The first kappa shape index (κ1) is 32.2. The molecule has 6 nitrogen and oxygen atoms in total. The molecule has 0 unspecified atom stereocenters. The van der Waals surface area contributed by atoms with E-state index in [4.69, 9.17) is 23.3 Å². The standard InChI is InChI=1S/C15H15N.5CO.Cr/c1-16(2)12-14-10-6-7-11-15(14)13-8-4-3-5-9-13;5*1-2;/h3-11H,1-2H3;;;;;;. The molecule has 0 atom stereocenters. The van der Waals surface area contributed by atoms with E-state index in [-0.39, 0.29) is 0 Å². The van der Waals surface area contributed by atoms with Gasteiger partial charge in [-0.3, -0.25) is 0 Å². The average Bonchev–Trinajstić information content (AvgIpc) is 2.80. The number of rotatable bonds is 3. The van der Waals surface area contributed by atoms with Crippen LogP contribution in [0.25, 0.3) is 11.1 Å². The Labute approximate surface area is 167 Å². The molecule has 2 aromatic carbocycles. The molecule has 2 aromatic rings. The molecule has 0 aliphatic rings. The number of nitrogens with zero attached hydrogens (tertiary/aromatic N) is 1. The Hall–Kier alpha value is -2.50. The van der Waals surface area contributed by atoms with E-state index in [2.05, 4.69) is 103 Å². The van der Waals surface area contributed by atoms with Crippen molar-refractivity contribution in [1.29, 1.82) is 0 Å². The van der Waals surface area contributed by atoms with Gasteiger partial charge in [0.25, 0.3) is 0 Å². The van der Waals surface area contributed by atoms with E-state index in [1.54, 1.807) is 0 Å². The summed E-state index contributed by atoms with van der Waals surface area (Å²) in [6, 6.07) is 18.9. The zero-order chi connectivity index (χ0) is 22.3. The molecule has 7 heteroatoms. The Bertz CT molecular complexity index is 696. The van der Waals surface area contributed by atoms with Crippen LogP contribution < -0.4 is 0 Å². The van der Waals surface area contributed by atoms with E-state index in [1.165, 1.54) is 16.7 Å². The van der Waals surface area contributed by atoms with Gasteiger partial charge in [-0.1, -0.05) is 0 Å². The van der Waals surface area contributed by atoms with Crippen LogP contribution >= 0.6 is 0 Å². The molecule has 0 heterocycles. The van der Waals surface area contributed by atoms with Crippen LogP contribution in [0.1, 0.15) is 5.56 Å². The SMILES string of the molecule is CN(C)[C](=[Cr])c1ccccc1-c1ccccc1.[C-]#[O+].[C-]#[O+].[C-]#[O+].[C-]#[O+].[C-]#[O+]. The van der Waals surface area contributed by atoms with E-state index >= 15 is 0 Å². The first-order valence-electron chi connectivity index (χ1n) is 6.58. The summed E-state index contributed by atoms with van der Waals surface area (Å²) in [6.45, 7) is 22.5. The Balaban J connectivity index is -0.000000230. The quantitative estimate of drug-likeness (QED) is 0.573. The Morgan fingerprint density at radius 1 is 0.667 bits per heavy atom. The van der Waals surface area contributed by atoms with E-state index in [1.807, 2.05) is 20.2 Å². The van der Waals surface area contributed by atoms with Crippen molar-refractivity contribution < 1.29 is 39.1 Å². The third kappa shape index (κ3) is 13.4. The van der Waals surface area contributed by atoms with Crippen LogP contribution in [0.4, 0.5) is 0 Å². The first-order chi connectivity index (χ1) is 13.2. The predicted molar refractivity (Wildman–Crippen MR) is 89.3 cm³/mol. The summed E-state index contributed by atoms with van der Waals surface area (Å²) in [5.74, 6) is 0. The average molecular weight is 401 g/mol. The third-order valence-corrected chi connectivity index (χ3v) is 3.56. The molecule has 0 aliphatic carbocycles. The molecular formula is C20H15CrNO5. The van der Waals surface area contributed by atoms with Crippen LogP contribution in [0.3, 0.4) is 0 Å². The molecule has 0 aromatic heterocycles. The van der Waals surface area contributed by atoms with Gasteiger partial charge in [0.15, 0.2) is 0 Å². The summed E-state index contributed by atoms with van der Waals surface area (Å²) in [7, 11) is 4.10. The third-order valence-electron chi connectivity index (χ3n) is 2.65. The van der Waals surface area contributed by atoms with Gasteiger partial charge in [0.1, 0.15) is 0 Å². The first-order valence-corrected chi connectivity index (χ1v) is 7.22. The summed E-state index contributed by atoms with van der Waals surface area (Å²) in [4.78, 5) is 2.10.